The number of carbonyl (C=O) groups is 1. The van der Waals surface area contributed by atoms with Crippen LogP contribution in [0.15, 0.2) is 24.3 Å². The summed E-state index contributed by atoms with van der Waals surface area (Å²) in [7, 11) is 0. The summed E-state index contributed by atoms with van der Waals surface area (Å²) >= 11 is 0. The molecule has 6 nitrogen and oxygen atoms in total. The average molecular weight is 348 g/mol. The summed E-state index contributed by atoms with van der Waals surface area (Å²) < 4.78 is 32.2. The van der Waals surface area contributed by atoms with Crippen molar-refractivity contribution in [2.75, 3.05) is 18.5 Å². The van der Waals surface area contributed by atoms with Crippen LogP contribution in [0, 0.1) is 18.6 Å². The van der Waals surface area contributed by atoms with Crippen LogP contribution in [0.3, 0.4) is 0 Å². The topological polar surface area (TPSA) is 76.1 Å². The number of hydrogen-bond donors (Lipinski definition) is 2. The fraction of sp³-hybridized carbons (Fsp3) is 0.353. The molecule has 1 atom stereocenters. The number of halogens is 2. The zero-order valence-electron chi connectivity index (χ0n) is 13.7. The van der Waals surface area contributed by atoms with Gasteiger partial charge < -0.3 is 15.4 Å². The van der Waals surface area contributed by atoms with Crippen LogP contribution in [0.2, 0.25) is 0 Å². The highest BCUT2D eigenvalue weighted by molar-refractivity contribution is 5.93. The number of nitrogens with one attached hydrogen (secondary N) is 2. The molecule has 0 radical (unpaired) electrons. The summed E-state index contributed by atoms with van der Waals surface area (Å²) in [4.78, 5) is 20.5. The Balaban J connectivity index is 1.71. The Kier molecular flexibility index (Phi) is 5.18. The lowest BCUT2D eigenvalue weighted by Gasteiger charge is -2.12. The van der Waals surface area contributed by atoms with E-state index in [0.29, 0.717) is 19.0 Å². The van der Waals surface area contributed by atoms with Gasteiger partial charge in [-0.2, -0.15) is 0 Å². The second-order valence-corrected chi connectivity index (χ2v) is 5.78. The van der Waals surface area contributed by atoms with Crippen molar-refractivity contribution in [1.29, 1.82) is 0 Å². The van der Waals surface area contributed by atoms with Crippen LogP contribution in [0.25, 0.3) is 0 Å². The smallest absolute Gasteiger partial charge is 0.270 e. The minimum Gasteiger partial charge on any atom is -0.376 e. The summed E-state index contributed by atoms with van der Waals surface area (Å²) in [5, 5.41) is 5.51. The SMILES string of the molecule is Cc1nc(Nc2ccc(F)cc2F)cc(C(=O)NCC2CCCO2)n1. The maximum absolute atomic E-state index is 13.8. The fourth-order valence-corrected chi connectivity index (χ4v) is 2.58. The molecule has 1 saturated heterocycles. The van der Waals surface area contributed by atoms with Crippen LogP contribution in [-0.2, 0) is 4.74 Å². The molecule has 1 unspecified atom stereocenters. The number of anilines is 2. The molecule has 25 heavy (non-hydrogen) atoms. The van der Waals surface area contributed by atoms with Gasteiger partial charge in [0.25, 0.3) is 5.91 Å². The highest BCUT2D eigenvalue weighted by Crippen LogP contribution is 2.20. The fourth-order valence-electron chi connectivity index (χ4n) is 2.58. The lowest BCUT2D eigenvalue weighted by Crippen LogP contribution is -2.32. The zero-order valence-corrected chi connectivity index (χ0v) is 13.7. The van der Waals surface area contributed by atoms with Crippen molar-refractivity contribution in [3.8, 4) is 0 Å². The molecule has 0 bridgehead atoms. The van der Waals surface area contributed by atoms with Crippen LogP contribution in [-0.4, -0.2) is 35.1 Å². The molecule has 2 N–H and O–H groups in total. The van der Waals surface area contributed by atoms with Crippen molar-refractivity contribution in [2.45, 2.75) is 25.9 Å². The van der Waals surface area contributed by atoms with Gasteiger partial charge in [0, 0.05) is 25.3 Å². The van der Waals surface area contributed by atoms with E-state index in [9.17, 15) is 13.6 Å². The van der Waals surface area contributed by atoms with E-state index in [4.69, 9.17) is 4.74 Å². The Morgan fingerprint density at radius 3 is 2.88 bits per heavy atom. The molecule has 0 aliphatic carbocycles. The number of hydrogen-bond acceptors (Lipinski definition) is 5. The number of ether oxygens (including phenoxy) is 1. The number of carbonyl (C=O) groups excluding carboxylic acids is 1. The van der Waals surface area contributed by atoms with E-state index in [2.05, 4.69) is 20.6 Å². The highest BCUT2D eigenvalue weighted by atomic mass is 19.1. The first-order valence-electron chi connectivity index (χ1n) is 7.99. The third-order valence-electron chi connectivity index (χ3n) is 3.78. The molecule has 132 valence electrons. The predicted octanol–water partition coefficient (Wildman–Crippen LogP) is 2.72. The third kappa shape index (κ3) is 4.48. The van der Waals surface area contributed by atoms with Gasteiger partial charge in [-0.15, -0.1) is 0 Å². The van der Waals surface area contributed by atoms with Gasteiger partial charge in [0.1, 0.15) is 29.0 Å². The normalized spacial score (nSPS) is 16.7. The van der Waals surface area contributed by atoms with Gasteiger partial charge in [0.05, 0.1) is 11.8 Å². The van der Waals surface area contributed by atoms with Gasteiger partial charge >= 0.3 is 0 Å². The minimum atomic E-state index is -0.749. The van der Waals surface area contributed by atoms with Crippen molar-refractivity contribution in [3.63, 3.8) is 0 Å². The Morgan fingerprint density at radius 2 is 2.16 bits per heavy atom. The maximum Gasteiger partial charge on any atom is 0.270 e. The van der Waals surface area contributed by atoms with Crippen LogP contribution >= 0.6 is 0 Å². The van der Waals surface area contributed by atoms with Crippen molar-refractivity contribution in [3.05, 3.63) is 47.4 Å². The van der Waals surface area contributed by atoms with E-state index in [1.807, 2.05) is 0 Å². The summed E-state index contributed by atoms with van der Waals surface area (Å²) in [5.41, 5.74) is 0.223. The second kappa shape index (κ2) is 7.52. The van der Waals surface area contributed by atoms with Crippen molar-refractivity contribution in [1.82, 2.24) is 15.3 Å². The highest BCUT2D eigenvalue weighted by Gasteiger charge is 2.18. The maximum atomic E-state index is 13.8. The molecule has 1 fully saturated rings. The predicted molar refractivity (Wildman–Crippen MR) is 87.7 cm³/mol. The Morgan fingerprint density at radius 1 is 1.32 bits per heavy atom. The lowest BCUT2D eigenvalue weighted by atomic mass is 10.2. The van der Waals surface area contributed by atoms with Crippen molar-refractivity contribution < 1.29 is 18.3 Å². The molecule has 1 aromatic heterocycles. The summed E-state index contributed by atoms with van der Waals surface area (Å²) in [5.74, 6) is -1.17. The monoisotopic (exact) mass is 348 g/mol. The van der Waals surface area contributed by atoms with Gasteiger partial charge in [-0.3, -0.25) is 4.79 Å². The standard InChI is InChI=1S/C17H18F2N4O2/c1-10-21-15(17(24)20-9-12-3-2-6-25-12)8-16(22-10)23-14-5-4-11(18)7-13(14)19/h4-5,7-8,12H,2-3,6,9H2,1H3,(H,20,24)(H,21,22,23). The number of benzene rings is 1. The number of amides is 1. The van der Waals surface area contributed by atoms with Gasteiger partial charge in [0.15, 0.2) is 0 Å². The minimum absolute atomic E-state index is 0.0257. The first-order valence-corrected chi connectivity index (χ1v) is 7.99. The van der Waals surface area contributed by atoms with E-state index in [1.54, 1.807) is 6.92 Å². The molecule has 1 aromatic carbocycles. The molecule has 3 rings (SSSR count). The summed E-state index contributed by atoms with van der Waals surface area (Å²) in [6, 6.07) is 4.58. The number of rotatable bonds is 5. The van der Waals surface area contributed by atoms with Gasteiger partial charge in [-0.05, 0) is 31.9 Å². The molecule has 8 heteroatoms. The number of aromatic nitrogens is 2. The van der Waals surface area contributed by atoms with Crippen LogP contribution in [0.1, 0.15) is 29.2 Å². The van der Waals surface area contributed by atoms with Crippen LogP contribution in [0.4, 0.5) is 20.3 Å². The van der Waals surface area contributed by atoms with E-state index >= 15 is 0 Å². The molecule has 2 aromatic rings. The first kappa shape index (κ1) is 17.2. The number of nitrogens with zero attached hydrogens (tertiary/aromatic N) is 2. The quantitative estimate of drug-likeness (QED) is 0.869. The van der Waals surface area contributed by atoms with Crippen LogP contribution < -0.4 is 10.6 Å². The Bertz CT molecular complexity index is 779. The largest absolute Gasteiger partial charge is 0.376 e. The van der Waals surface area contributed by atoms with Gasteiger partial charge in [0.2, 0.25) is 0 Å². The molecule has 1 aliphatic heterocycles. The van der Waals surface area contributed by atoms with E-state index < -0.39 is 11.6 Å². The van der Waals surface area contributed by atoms with Crippen LogP contribution in [0.5, 0.6) is 0 Å². The summed E-state index contributed by atoms with van der Waals surface area (Å²) in [6.07, 6.45) is 1.93. The Hall–Kier alpha value is -2.61. The molecule has 1 amide bonds. The molecule has 0 spiro atoms. The lowest BCUT2D eigenvalue weighted by molar-refractivity contribution is 0.0853. The summed E-state index contributed by atoms with van der Waals surface area (Å²) in [6.45, 7) is 2.75. The first-order chi connectivity index (χ1) is 12.0. The molecular formula is C17H18F2N4O2. The van der Waals surface area contributed by atoms with E-state index in [0.717, 1.165) is 25.0 Å². The van der Waals surface area contributed by atoms with Gasteiger partial charge in [-0.1, -0.05) is 0 Å². The zero-order chi connectivity index (χ0) is 17.8. The van der Waals surface area contributed by atoms with E-state index in [1.165, 1.54) is 12.1 Å². The van der Waals surface area contributed by atoms with Crippen molar-refractivity contribution in [2.24, 2.45) is 0 Å². The second-order valence-electron chi connectivity index (χ2n) is 5.78. The number of aryl methyl sites for hydroxylation is 1. The van der Waals surface area contributed by atoms with E-state index in [-0.39, 0.29) is 29.2 Å². The molecular weight excluding hydrogens is 330 g/mol. The molecule has 0 saturated carbocycles. The Labute approximate surface area is 143 Å². The average Bonchev–Trinajstić information content (AvgIpc) is 3.08. The van der Waals surface area contributed by atoms with Gasteiger partial charge in [-0.25, -0.2) is 18.7 Å². The third-order valence-corrected chi connectivity index (χ3v) is 3.78. The molecule has 1 aliphatic rings. The van der Waals surface area contributed by atoms with Crippen molar-refractivity contribution >= 4 is 17.4 Å². The molecule has 2 heterocycles.